The molecule has 1 aromatic rings. The second-order valence-electron chi connectivity index (χ2n) is 4.36. The quantitative estimate of drug-likeness (QED) is 0.897. The maximum Gasteiger partial charge on any atom is 0.418 e. The summed E-state index contributed by atoms with van der Waals surface area (Å²) in [6.45, 7) is 4.71. The van der Waals surface area contributed by atoms with Crippen LogP contribution in [0.1, 0.15) is 36.2 Å². The fourth-order valence-corrected chi connectivity index (χ4v) is 2.08. The molecule has 3 nitrogen and oxygen atoms in total. The van der Waals surface area contributed by atoms with Crippen LogP contribution in [-0.2, 0) is 6.18 Å². The molecule has 1 rings (SSSR count). The van der Waals surface area contributed by atoms with Crippen molar-refractivity contribution < 1.29 is 18.0 Å². The second kappa shape index (κ2) is 6.63. The van der Waals surface area contributed by atoms with Gasteiger partial charge in [-0.2, -0.15) is 13.2 Å². The molecule has 1 aromatic carbocycles. The van der Waals surface area contributed by atoms with E-state index >= 15 is 0 Å². The molecule has 0 aromatic heterocycles. The average molecular weight is 288 g/mol. The summed E-state index contributed by atoms with van der Waals surface area (Å²) in [5, 5.41) is 2.51. The van der Waals surface area contributed by atoms with E-state index in [-0.39, 0.29) is 17.2 Å². The molecule has 0 atom stereocenters. The molecule has 6 heteroatoms. The lowest BCUT2D eigenvalue weighted by Gasteiger charge is -2.23. The Labute approximate surface area is 116 Å². The molecule has 0 bridgehead atoms. The molecular weight excluding hydrogens is 269 g/mol. The standard InChI is InChI=1S/C14H19F3N2O/c1-4-9-19(5-2)13(20)10-7-6-8-11(12(10)18-3)14(15,16)17/h6-8,18H,4-5,9H2,1-3H3. The van der Waals surface area contributed by atoms with E-state index in [0.29, 0.717) is 13.1 Å². The predicted molar refractivity (Wildman–Crippen MR) is 72.9 cm³/mol. The first-order chi connectivity index (χ1) is 9.36. The second-order valence-corrected chi connectivity index (χ2v) is 4.36. The number of nitrogens with one attached hydrogen (secondary N) is 1. The smallest absolute Gasteiger partial charge is 0.387 e. The Bertz CT molecular complexity index is 472. The number of carbonyl (C=O) groups excluding carboxylic acids is 1. The molecule has 0 aliphatic heterocycles. The molecule has 0 unspecified atom stereocenters. The van der Waals surface area contributed by atoms with E-state index in [1.54, 1.807) is 6.92 Å². The Morgan fingerprint density at radius 1 is 1.30 bits per heavy atom. The summed E-state index contributed by atoms with van der Waals surface area (Å²) in [4.78, 5) is 13.9. The fourth-order valence-electron chi connectivity index (χ4n) is 2.08. The Hall–Kier alpha value is -1.72. The molecule has 0 fully saturated rings. The van der Waals surface area contributed by atoms with E-state index in [0.717, 1.165) is 12.5 Å². The molecule has 0 saturated carbocycles. The summed E-state index contributed by atoms with van der Waals surface area (Å²) in [6, 6.07) is 3.65. The van der Waals surface area contributed by atoms with Crippen molar-refractivity contribution in [2.75, 3.05) is 25.5 Å². The van der Waals surface area contributed by atoms with Crippen molar-refractivity contribution in [1.29, 1.82) is 0 Å². The molecule has 0 aliphatic rings. The highest BCUT2D eigenvalue weighted by molar-refractivity contribution is 6.00. The molecule has 1 N–H and O–H groups in total. The number of anilines is 1. The minimum Gasteiger partial charge on any atom is -0.387 e. The van der Waals surface area contributed by atoms with Gasteiger partial charge in [-0.25, -0.2) is 0 Å². The van der Waals surface area contributed by atoms with E-state index in [2.05, 4.69) is 5.32 Å². The summed E-state index contributed by atoms with van der Waals surface area (Å²) in [7, 11) is 1.39. The van der Waals surface area contributed by atoms with Crippen molar-refractivity contribution in [1.82, 2.24) is 4.90 Å². The van der Waals surface area contributed by atoms with Crippen LogP contribution in [0.2, 0.25) is 0 Å². The summed E-state index contributed by atoms with van der Waals surface area (Å²) >= 11 is 0. The fraction of sp³-hybridized carbons (Fsp3) is 0.500. The van der Waals surface area contributed by atoms with Gasteiger partial charge < -0.3 is 10.2 Å². The number of alkyl halides is 3. The van der Waals surface area contributed by atoms with Gasteiger partial charge in [-0.1, -0.05) is 13.0 Å². The summed E-state index contributed by atoms with van der Waals surface area (Å²) in [5.41, 5.74) is -0.935. The third kappa shape index (κ3) is 3.43. The van der Waals surface area contributed by atoms with Crippen LogP contribution >= 0.6 is 0 Å². The number of nitrogens with zero attached hydrogens (tertiary/aromatic N) is 1. The monoisotopic (exact) mass is 288 g/mol. The predicted octanol–water partition coefficient (Wildman–Crippen LogP) is 3.62. The van der Waals surface area contributed by atoms with E-state index in [9.17, 15) is 18.0 Å². The van der Waals surface area contributed by atoms with E-state index in [1.807, 2.05) is 6.92 Å². The van der Waals surface area contributed by atoms with Gasteiger partial charge in [-0.3, -0.25) is 4.79 Å². The van der Waals surface area contributed by atoms with Crippen LogP contribution in [-0.4, -0.2) is 30.9 Å². The minimum absolute atomic E-state index is 0.0534. The molecule has 0 spiro atoms. The maximum absolute atomic E-state index is 12.9. The molecule has 0 aliphatic carbocycles. The maximum atomic E-state index is 12.9. The van der Waals surface area contributed by atoms with Gasteiger partial charge in [0.2, 0.25) is 0 Å². The van der Waals surface area contributed by atoms with Crippen molar-refractivity contribution >= 4 is 11.6 Å². The Balaban J connectivity index is 3.28. The van der Waals surface area contributed by atoms with Crippen LogP contribution in [0.3, 0.4) is 0 Å². The highest BCUT2D eigenvalue weighted by Crippen LogP contribution is 2.36. The number of benzene rings is 1. The largest absolute Gasteiger partial charge is 0.418 e. The first-order valence-corrected chi connectivity index (χ1v) is 6.54. The Kier molecular flexibility index (Phi) is 5.42. The van der Waals surface area contributed by atoms with E-state index in [1.165, 1.54) is 24.1 Å². The molecule has 0 radical (unpaired) electrons. The third-order valence-electron chi connectivity index (χ3n) is 3.01. The lowest BCUT2D eigenvalue weighted by atomic mass is 10.0. The first kappa shape index (κ1) is 16.3. The number of para-hydroxylation sites is 1. The van der Waals surface area contributed by atoms with Gasteiger partial charge in [0.15, 0.2) is 0 Å². The van der Waals surface area contributed by atoms with E-state index in [4.69, 9.17) is 0 Å². The van der Waals surface area contributed by atoms with Crippen molar-refractivity contribution in [3.8, 4) is 0 Å². The number of amides is 1. The highest BCUT2D eigenvalue weighted by Gasteiger charge is 2.35. The Morgan fingerprint density at radius 2 is 1.95 bits per heavy atom. The minimum atomic E-state index is -4.49. The van der Waals surface area contributed by atoms with Gasteiger partial charge in [0.1, 0.15) is 0 Å². The zero-order chi connectivity index (χ0) is 15.3. The molecule has 112 valence electrons. The Morgan fingerprint density at radius 3 is 2.40 bits per heavy atom. The summed E-state index contributed by atoms with van der Waals surface area (Å²) in [5.74, 6) is -0.384. The zero-order valence-electron chi connectivity index (χ0n) is 11.8. The van der Waals surface area contributed by atoms with Crippen LogP contribution in [0.15, 0.2) is 18.2 Å². The normalized spacial score (nSPS) is 11.3. The van der Waals surface area contributed by atoms with Crippen LogP contribution in [0.4, 0.5) is 18.9 Å². The van der Waals surface area contributed by atoms with Crippen LogP contribution in [0, 0.1) is 0 Å². The molecule has 1 amide bonds. The van der Waals surface area contributed by atoms with Crippen molar-refractivity contribution in [3.63, 3.8) is 0 Å². The van der Waals surface area contributed by atoms with Crippen LogP contribution in [0.25, 0.3) is 0 Å². The van der Waals surface area contributed by atoms with Gasteiger partial charge in [0.25, 0.3) is 5.91 Å². The van der Waals surface area contributed by atoms with Gasteiger partial charge in [-0.15, -0.1) is 0 Å². The first-order valence-electron chi connectivity index (χ1n) is 6.54. The third-order valence-corrected chi connectivity index (χ3v) is 3.01. The number of hydrogen-bond acceptors (Lipinski definition) is 2. The van der Waals surface area contributed by atoms with Crippen molar-refractivity contribution in [3.05, 3.63) is 29.3 Å². The summed E-state index contributed by atoms with van der Waals surface area (Å²) in [6.07, 6.45) is -3.73. The van der Waals surface area contributed by atoms with Crippen molar-refractivity contribution in [2.45, 2.75) is 26.4 Å². The molecule has 0 saturated heterocycles. The topological polar surface area (TPSA) is 32.3 Å². The molecular formula is C14H19F3N2O. The van der Waals surface area contributed by atoms with Gasteiger partial charge >= 0.3 is 6.18 Å². The molecule has 0 heterocycles. The van der Waals surface area contributed by atoms with Gasteiger partial charge in [-0.05, 0) is 25.5 Å². The van der Waals surface area contributed by atoms with E-state index < -0.39 is 11.7 Å². The van der Waals surface area contributed by atoms with Crippen molar-refractivity contribution in [2.24, 2.45) is 0 Å². The number of carbonyl (C=O) groups is 1. The van der Waals surface area contributed by atoms with Crippen LogP contribution in [0.5, 0.6) is 0 Å². The zero-order valence-corrected chi connectivity index (χ0v) is 11.8. The number of halogens is 3. The van der Waals surface area contributed by atoms with Gasteiger partial charge in [0, 0.05) is 20.1 Å². The highest BCUT2D eigenvalue weighted by atomic mass is 19.4. The van der Waals surface area contributed by atoms with Gasteiger partial charge in [0.05, 0.1) is 16.8 Å². The summed E-state index contributed by atoms with van der Waals surface area (Å²) < 4.78 is 38.8. The average Bonchev–Trinajstić information content (AvgIpc) is 2.42. The lowest BCUT2D eigenvalue weighted by molar-refractivity contribution is -0.136. The SMILES string of the molecule is CCCN(CC)C(=O)c1cccc(C(F)(F)F)c1NC. The molecule has 20 heavy (non-hydrogen) atoms. The van der Waals surface area contributed by atoms with Crippen LogP contribution < -0.4 is 5.32 Å². The number of rotatable bonds is 5. The lowest BCUT2D eigenvalue weighted by Crippen LogP contribution is -2.32. The number of hydrogen-bond donors (Lipinski definition) is 1.